The van der Waals surface area contributed by atoms with E-state index in [2.05, 4.69) is 47.1 Å². The van der Waals surface area contributed by atoms with Crippen LogP contribution in [-0.2, 0) is 13.0 Å². The number of rotatable bonds is 3. The van der Waals surface area contributed by atoms with Gasteiger partial charge in [-0.05, 0) is 29.7 Å². The molecule has 1 aromatic heterocycles. The molecule has 1 N–H and O–H groups in total. The van der Waals surface area contributed by atoms with Gasteiger partial charge in [0.05, 0.1) is 17.0 Å². The van der Waals surface area contributed by atoms with Crippen molar-refractivity contribution in [3.05, 3.63) is 63.2 Å². The smallest absolute Gasteiger partial charge is 0.200 e. The Bertz CT molecular complexity index is 793. The molecule has 0 saturated carbocycles. The fourth-order valence-corrected chi connectivity index (χ4v) is 3.42. The molecule has 2 aromatic carbocycles. The fourth-order valence-electron chi connectivity index (χ4n) is 2.50. The van der Waals surface area contributed by atoms with Crippen LogP contribution in [0.25, 0.3) is 10.8 Å². The Kier molecular flexibility index (Phi) is 3.96. The lowest BCUT2D eigenvalue weighted by Gasteiger charge is -2.06. The molecule has 108 valence electrons. The number of fused-ring (bicyclic) bond motifs is 1. The zero-order valence-corrected chi connectivity index (χ0v) is 13.9. The standard InChI is InChI=1S/C17H15BrClNO/c1-2-11-3-5-12(6-4-11)9-20-10-13-7-14(18)8-15(19)16(13)17(20)21/h3-8,10,21H,2,9H2,1H3. The van der Waals surface area contributed by atoms with E-state index in [1.165, 1.54) is 5.56 Å². The maximum Gasteiger partial charge on any atom is 0.200 e. The molecular weight excluding hydrogens is 350 g/mol. The van der Waals surface area contributed by atoms with Gasteiger partial charge in [-0.2, -0.15) is 0 Å². The third kappa shape index (κ3) is 2.81. The minimum atomic E-state index is 0.210. The highest BCUT2D eigenvalue weighted by Crippen LogP contribution is 2.36. The van der Waals surface area contributed by atoms with Gasteiger partial charge in [-0.3, -0.25) is 0 Å². The van der Waals surface area contributed by atoms with E-state index >= 15 is 0 Å². The molecule has 0 bridgehead atoms. The van der Waals surface area contributed by atoms with E-state index in [0.717, 1.165) is 21.8 Å². The van der Waals surface area contributed by atoms with E-state index in [1.54, 1.807) is 6.07 Å². The molecule has 0 aliphatic rings. The quantitative estimate of drug-likeness (QED) is 0.663. The molecule has 0 atom stereocenters. The molecule has 2 nitrogen and oxygen atoms in total. The Hall–Kier alpha value is -1.45. The number of hydrogen-bond donors (Lipinski definition) is 1. The largest absolute Gasteiger partial charge is 0.494 e. The lowest BCUT2D eigenvalue weighted by molar-refractivity contribution is 0.430. The molecular formula is C17H15BrClNO. The first-order valence-corrected chi connectivity index (χ1v) is 8.00. The first-order valence-electron chi connectivity index (χ1n) is 6.83. The summed E-state index contributed by atoms with van der Waals surface area (Å²) in [6.07, 6.45) is 2.96. The molecule has 0 radical (unpaired) electrons. The zero-order valence-electron chi connectivity index (χ0n) is 11.6. The summed E-state index contributed by atoms with van der Waals surface area (Å²) in [5, 5.41) is 12.6. The molecule has 1 heterocycles. The lowest BCUT2D eigenvalue weighted by atomic mass is 10.1. The molecule has 0 amide bonds. The molecule has 0 saturated heterocycles. The predicted octanol–water partition coefficient (Wildman–Crippen LogP) is 5.37. The van der Waals surface area contributed by atoms with Crippen molar-refractivity contribution in [2.24, 2.45) is 0 Å². The SMILES string of the molecule is CCc1ccc(Cn2cc3cc(Br)cc(Cl)c3c2O)cc1. The van der Waals surface area contributed by atoms with Crippen LogP contribution in [0, 0.1) is 0 Å². The monoisotopic (exact) mass is 363 g/mol. The number of aromatic hydroxyl groups is 1. The van der Waals surface area contributed by atoms with Gasteiger partial charge >= 0.3 is 0 Å². The molecule has 0 aliphatic carbocycles. The Morgan fingerprint density at radius 2 is 1.81 bits per heavy atom. The Labute approximate surface area is 137 Å². The predicted molar refractivity (Wildman–Crippen MR) is 91.2 cm³/mol. The van der Waals surface area contributed by atoms with Crippen LogP contribution in [0.2, 0.25) is 5.02 Å². The van der Waals surface area contributed by atoms with Gasteiger partial charge in [0.25, 0.3) is 0 Å². The van der Waals surface area contributed by atoms with Crippen molar-refractivity contribution in [2.45, 2.75) is 19.9 Å². The van der Waals surface area contributed by atoms with Crippen LogP contribution < -0.4 is 0 Å². The van der Waals surface area contributed by atoms with Crippen LogP contribution in [0.3, 0.4) is 0 Å². The molecule has 3 rings (SSSR count). The second-order valence-corrected chi connectivity index (χ2v) is 6.43. The third-order valence-corrected chi connectivity index (χ3v) is 4.42. The molecule has 0 aliphatic heterocycles. The van der Waals surface area contributed by atoms with Gasteiger partial charge < -0.3 is 9.67 Å². The van der Waals surface area contributed by atoms with Crippen LogP contribution in [0.4, 0.5) is 0 Å². The summed E-state index contributed by atoms with van der Waals surface area (Å²) in [6.45, 7) is 2.76. The Morgan fingerprint density at radius 1 is 1.14 bits per heavy atom. The van der Waals surface area contributed by atoms with Gasteiger partial charge in [0.2, 0.25) is 5.88 Å². The topological polar surface area (TPSA) is 25.2 Å². The number of halogens is 2. The second-order valence-electron chi connectivity index (χ2n) is 5.10. The maximum atomic E-state index is 10.4. The van der Waals surface area contributed by atoms with Crippen molar-refractivity contribution in [3.63, 3.8) is 0 Å². The summed E-state index contributed by atoms with van der Waals surface area (Å²) < 4.78 is 2.73. The minimum Gasteiger partial charge on any atom is -0.494 e. The van der Waals surface area contributed by atoms with Gasteiger partial charge in [0.15, 0.2) is 0 Å². The molecule has 21 heavy (non-hydrogen) atoms. The highest BCUT2D eigenvalue weighted by molar-refractivity contribution is 9.10. The number of benzene rings is 2. The fraction of sp³-hybridized carbons (Fsp3) is 0.176. The number of aromatic nitrogens is 1. The molecule has 3 aromatic rings. The van der Waals surface area contributed by atoms with Gasteiger partial charge in [0, 0.05) is 16.1 Å². The van der Waals surface area contributed by atoms with Crippen LogP contribution in [0.5, 0.6) is 5.88 Å². The first kappa shape index (κ1) is 14.5. The highest BCUT2D eigenvalue weighted by Gasteiger charge is 2.12. The maximum absolute atomic E-state index is 10.4. The summed E-state index contributed by atoms with van der Waals surface area (Å²) in [4.78, 5) is 0. The van der Waals surface area contributed by atoms with Crippen LogP contribution in [0.1, 0.15) is 18.1 Å². The summed E-state index contributed by atoms with van der Waals surface area (Å²) in [6, 6.07) is 12.2. The summed E-state index contributed by atoms with van der Waals surface area (Å²) in [5.74, 6) is 0.210. The van der Waals surface area contributed by atoms with Gasteiger partial charge in [-0.1, -0.05) is 58.7 Å². The van der Waals surface area contributed by atoms with Gasteiger partial charge in [0.1, 0.15) is 0 Å². The summed E-state index contributed by atoms with van der Waals surface area (Å²) in [5.41, 5.74) is 2.46. The molecule has 0 fully saturated rings. The average Bonchev–Trinajstić information content (AvgIpc) is 2.76. The van der Waals surface area contributed by atoms with Crippen molar-refractivity contribution in [3.8, 4) is 5.88 Å². The third-order valence-electron chi connectivity index (χ3n) is 3.66. The number of aryl methyl sites for hydroxylation is 1. The molecule has 0 unspecified atom stereocenters. The van der Waals surface area contributed by atoms with Crippen LogP contribution >= 0.6 is 27.5 Å². The van der Waals surface area contributed by atoms with Gasteiger partial charge in [-0.25, -0.2) is 0 Å². The van der Waals surface area contributed by atoms with E-state index in [4.69, 9.17) is 11.6 Å². The van der Waals surface area contributed by atoms with Crippen molar-refractivity contribution < 1.29 is 5.11 Å². The van der Waals surface area contributed by atoms with E-state index < -0.39 is 0 Å². The van der Waals surface area contributed by atoms with E-state index in [0.29, 0.717) is 17.0 Å². The average molecular weight is 365 g/mol. The number of nitrogens with zero attached hydrogens (tertiary/aromatic N) is 1. The van der Waals surface area contributed by atoms with Gasteiger partial charge in [-0.15, -0.1) is 0 Å². The van der Waals surface area contributed by atoms with E-state index in [1.807, 2.05) is 16.8 Å². The normalized spacial score (nSPS) is 11.2. The Morgan fingerprint density at radius 3 is 2.48 bits per heavy atom. The minimum absolute atomic E-state index is 0.210. The molecule has 4 heteroatoms. The summed E-state index contributed by atoms with van der Waals surface area (Å²) in [7, 11) is 0. The summed E-state index contributed by atoms with van der Waals surface area (Å²) >= 11 is 9.64. The van der Waals surface area contributed by atoms with Crippen LogP contribution in [0.15, 0.2) is 47.1 Å². The van der Waals surface area contributed by atoms with E-state index in [9.17, 15) is 5.11 Å². The second kappa shape index (κ2) is 5.74. The zero-order chi connectivity index (χ0) is 15.0. The van der Waals surface area contributed by atoms with E-state index in [-0.39, 0.29) is 5.88 Å². The van der Waals surface area contributed by atoms with Crippen molar-refractivity contribution in [1.82, 2.24) is 4.57 Å². The van der Waals surface area contributed by atoms with Crippen molar-refractivity contribution >= 4 is 38.3 Å². The van der Waals surface area contributed by atoms with Crippen molar-refractivity contribution in [1.29, 1.82) is 0 Å². The van der Waals surface area contributed by atoms with Crippen molar-refractivity contribution in [2.75, 3.05) is 0 Å². The lowest BCUT2D eigenvalue weighted by Crippen LogP contribution is -1.97. The highest BCUT2D eigenvalue weighted by atomic mass is 79.9. The van der Waals surface area contributed by atoms with Crippen LogP contribution in [-0.4, -0.2) is 9.67 Å². The molecule has 0 spiro atoms. The number of hydrogen-bond acceptors (Lipinski definition) is 1. The first-order chi connectivity index (χ1) is 10.1. The Balaban J connectivity index is 2.00.